The number of nitrogens with one attached hydrogen (secondary N) is 1. The Balaban J connectivity index is 1.65. The van der Waals surface area contributed by atoms with E-state index in [-0.39, 0.29) is 19.1 Å². The maximum Gasteiger partial charge on any atom is 0.408 e. The first-order chi connectivity index (χ1) is 14.5. The first-order valence-electron chi connectivity index (χ1n) is 9.69. The summed E-state index contributed by atoms with van der Waals surface area (Å²) in [6, 6.07) is 19.9. The number of carbonyl (C=O) groups excluding carboxylic acids is 2. The van der Waals surface area contributed by atoms with Crippen LogP contribution in [0.3, 0.4) is 0 Å². The summed E-state index contributed by atoms with van der Waals surface area (Å²) in [5.41, 5.74) is 2.45. The highest BCUT2D eigenvalue weighted by molar-refractivity contribution is 5.85. The average molecular weight is 407 g/mol. The van der Waals surface area contributed by atoms with Crippen LogP contribution in [-0.2, 0) is 29.1 Å². The van der Waals surface area contributed by atoms with Crippen molar-refractivity contribution in [2.24, 2.45) is 0 Å². The Labute approximate surface area is 175 Å². The molecule has 0 saturated heterocycles. The Hall–Kier alpha value is -3.61. The molecule has 3 aromatic rings. The zero-order valence-electron chi connectivity index (χ0n) is 17.1. The second-order valence-electron chi connectivity index (χ2n) is 7.07. The third kappa shape index (κ3) is 6.20. The van der Waals surface area contributed by atoms with Gasteiger partial charge in [-0.3, -0.25) is 4.79 Å². The van der Waals surface area contributed by atoms with Crippen molar-refractivity contribution in [3.8, 4) is 0 Å². The highest BCUT2D eigenvalue weighted by Gasteiger charge is 2.25. The molecule has 2 aromatic carbocycles. The molecule has 1 atom stereocenters. The molecule has 1 heterocycles. The lowest BCUT2D eigenvalue weighted by molar-refractivity contribution is -0.132. The summed E-state index contributed by atoms with van der Waals surface area (Å²) in [7, 11) is 1.67. The molecule has 1 unspecified atom stereocenters. The number of carbonyl (C=O) groups is 2. The van der Waals surface area contributed by atoms with Crippen LogP contribution in [0.25, 0.3) is 0 Å². The van der Waals surface area contributed by atoms with Gasteiger partial charge in [-0.25, -0.2) is 4.79 Å². The molecule has 0 fully saturated rings. The number of nitrogens with zero attached hydrogens (tertiary/aromatic N) is 2. The SMILES string of the molecule is Cc1cc(CN(C)C(=O)C(Cc2ccccc2)NC(=O)OCc2ccccc2)no1. The molecule has 7 nitrogen and oxygen atoms in total. The molecule has 0 bridgehead atoms. The quantitative estimate of drug-likeness (QED) is 0.618. The number of hydrogen-bond donors (Lipinski definition) is 1. The standard InChI is InChI=1S/C23H25N3O4/c1-17-13-20(25-30-17)15-26(2)22(27)21(14-18-9-5-3-6-10-18)24-23(28)29-16-19-11-7-4-8-12-19/h3-13,21H,14-16H2,1-2H3,(H,24,28). The molecule has 0 spiro atoms. The lowest BCUT2D eigenvalue weighted by atomic mass is 10.0. The lowest BCUT2D eigenvalue weighted by Crippen LogP contribution is -2.48. The monoisotopic (exact) mass is 407 g/mol. The lowest BCUT2D eigenvalue weighted by Gasteiger charge is -2.24. The molecule has 3 rings (SSSR count). The van der Waals surface area contributed by atoms with E-state index in [4.69, 9.17) is 9.26 Å². The van der Waals surface area contributed by atoms with Crippen molar-refractivity contribution in [3.63, 3.8) is 0 Å². The molecular formula is C23H25N3O4. The van der Waals surface area contributed by atoms with E-state index in [2.05, 4.69) is 10.5 Å². The average Bonchev–Trinajstić information content (AvgIpc) is 3.17. The molecule has 1 aromatic heterocycles. The fourth-order valence-electron chi connectivity index (χ4n) is 3.04. The predicted molar refractivity (Wildman–Crippen MR) is 111 cm³/mol. The van der Waals surface area contributed by atoms with Crippen molar-refractivity contribution in [2.45, 2.75) is 32.5 Å². The number of likely N-dealkylation sites (N-methyl/N-ethyl adjacent to an activating group) is 1. The van der Waals surface area contributed by atoms with E-state index in [0.717, 1.165) is 11.1 Å². The fraction of sp³-hybridized carbons (Fsp3) is 0.261. The summed E-state index contributed by atoms with van der Waals surface area (Å²) >= 11 is 0. The van der Waals surface area contributed by atoms with E-state index in [1.54, 1.807) is 20.0 Å². The first kappa shape index (κ1) is 21.1. The highest BCUT2D eigenvalue weighted by Crippen LogP contribution is 2.10. The van der Waals surface area contributed by atoms with Crippen LogP contribution in [-0.4, -0.2) is 35.1 Å². The molecule has 0 aliphatic heterocycles. The van der Waals surface area contributed by atoms with Gasteiger partial charge in [0.1, 0.15) is 24.1 Å². The van der Waals surface area contributed by atoms with Crippen molar-refractivity contribution < 1.29 is 18.8 Å². The molecule has 0 aliphatic rings. The highest BCUT2D eigenvalue weighted by atomic mass is 16.5. The van der Waals surface area contributed by atoms with Crippen LogP contribution in [0.2, 0.25) is 0 Å². The number of aryl methyl sites for hydroxylation is 1. The van der Waals surface area contributed by atoms with Crippen molar-refractivity contribution in [1.82, 2.24) is 15.4 Å². The van der Waals surface area contributed by atoms with Crippen molar-refractivity contribution in [2.75, 3.05) is 7.05 Å². The van der Waals surface area contributed by atoms with Gasteiger partial charge in [0, 0.05) is 19.5 Å². The van der Waals surface area contributed by atoms with E-state index in [1.807, 2.05) is 60.7 Å². The van der Waals surface area contributed by atoms with E-state index in [9.17, 15) is 9.59 Å². The number of benzene rings is 2. The van der Waals surface area contributed by atoms with Crippen LogP contribution >= 0.6 is 0 Å². The minimum atomic E-state index is -0.770. The van der Waals surface area contributed by atoms with E-state index >= 15 is 0 Å². The normalized spacial score (nSPS) is 11.5. The van der Waals surface area contributed by atoms with Gasteiger partial charge < -0.3 is 19.5 Å². The predicted octanol–water partition coefficient (Wildman–Crippen LogP) is 3.48. The van der Waals surface area contributed by atoms with E-state index < -0.39 is 12.1 Å². The zero-order valence-corrected chi connectivity index (χ0v) is 17.1. The van der Waals surface area contributed by atoms with Crippen LogP contribution < -0.4 is 5.32 Å². The Morgan fingerprint density at radius 1 is 1.07 bits per heavy atom. The third-order valence-corrected chi connectivity index (χ3v) is 4.54. The van der Waals surface area contributed by atoms with Crippen LogP contribution in [0.5, 0.6) is 0 Å². The maximum absolute atomic E-state index is 13.1. The molecule has 1 N–H and O–H groups in total. The fourth-order valence-corrected chi connectivity index (χ4v) is 3.04. The molecule has 0 saturated carbocycles. The van der Waals surface area contributed by atoms with Gasteiger partial charge in [0.05, 0.1) is 6.54 Å². The molecule has 0 radical (unpaired) electrons. The van der Waals surface area contributed by atoms with Crippen molar-refractivity contribution in [1.29, 1.82) is 0 Å². The number of hydrogen-bond acceptors (Lipinski definition) is 5. The van der Waals surface area contributed by atoms with Crippen LogP contribution in [0.15, 0.2) is 71.3 Å². The topological polar surface area (TPSA) is 84.7 Å². The summed E-state index contributed by atoms with van der Waals surface area (Å²) < 4.78 is 10.4. The van der Waals surface area contributed by atoms with Gasteiger partial charge >= 0.3 is 6.09 Å². The van der Waals surface area contributed by atoms with Gasteiger partial charge in [-0.1, -0.05) is 65.8 Å². The maximum atomic E-state index is 13.1. The minimum Gasteiger partial charge on any atom is -0.445 e. The number of alkyl carbamates (subject to hydrolysis) is 1. The number of aromatic nitrogens is 1. The van der Waals surface area contributed by atoms with Crippen LogP contribution in [0.4, 0.5) is 4.79 Å². The molecule has 0 aliphatic carbocycles. The Bertz CT molecular complexity index is 957. The minimum absolute atomic E-state index is 0.132. The summed E-state index contributed by atoms with van der Waals surface area (Å²) in [6.07, 6.45) is -0.290. The van der Waals surface area contributed by atoms with Gasteiger partial charge in [-0.2, -0.15) is 0 Å². The second-order valence-corrected chi connectivity index (χ2v) is 7.07. The van der Waals surface area contributed by atoms with Gasteiger partial charge in [0.2, 0.25) is 5.91 Å². The number of ether oxygens (including phenoxy) is 1. The van der Waals surface area contributed by atoms with Gasteiger partial charge in [0.15, 0.2) is 0 Å². The largest absolute Gasteiger partial charge is 0.445 e. The third-order valence-electron chi connectivity index (χ3n) is 4.54. The zero-order chi connectivity index (χ0) is 21.3. The van der Waals surface area contributed by atoms with Crippen molar-refractivity contribution in [3.05, 3.63) is 89.3 Å². The number of rotatable bonds is 8. The molecule has 156 valence electrons. The smallest absolute Gasteiger partial charge is 0.408 e. The van der Waals surface area contributed by atoms with E-state index in [1.165, 1.54) is 4.90 Å². The molecule has 30 heavy (non-hydrogen) atoms. The van der Waals surface area contributed by atoms with Crippen molar-refractivity contribution >= 4 is 12.0 Å². The van der Waals surface area contributed by atoms with Crippen LogP contribution in [0.1, 0.15) is 22.6 Å². The van der Waals surface area contributed by atoms with Gasteiger partial charge in [-0.05, 0) is 18.1 Å². The molecular weight excluding hydrogens is 382 g/mol. The van der Waals surface area contributed by atoms with Gasteiger partial charge in [0.25, 0.3) is 0 Å². The molecule has 7 heteroatoms. The second kappa shape index (κ2) is 10.2. The first-order valence-corrected chi connectivity index (χ1v) is 9.69. The van der Waals surface area contributed by atoms with Crippen LogP contribution in [0, 0.1) is 6.92 Å². The summed E-state index contributed by atoms with van der Waals surface area (Å²) in [5, 5.41) is 6.64. The van der Waals surface area contributed by atoms with E-state index in [0.29, 0.717) is 17.9 Å². The summed E-state index contributed by atoms with van der Waals surface area (Å²) in [6.45, 7) is 2.20. The van der Waals surface area contributed by atoms with Gasteiger partial charge in [-0.15, -0.1) is 0 Å². The summed E-state index contributed by atoms with van der Waals surface area (Å²) in [5.74, 6) is 0.436. The Kier molecular flexibility index (Phi) is 7.21. The Morgan fingerprint density at radius 2 is 1.70 bits per heavy atom. The molecule has 2 amide bonds. The number of amides is 2. The summed E-state index contributed by atoms with van der Waals surface area (Å²) in [4.78, 5) is 27.0. The Morgan fingerprint density at radius 3 is 2.30 bits per heavy atom.